The summed E-state index contributed by atoms with van der Waals surface area (Å²) in [5.74, 6) is -3.36. The minimum Gasteiger partial charge on any atom is -0.459 e. The highest BCUT2D eigenvalue weighted by Crippen LogP contribution is 2.40. The van der Waals surface area contributed by atoms with E-state index in [-0.39, 0.29) is 43.7 Å². The molecular weight excluding hydrogens is 862 g/mol. The second-order valence-electron chi connectivity index (χ2n) is 20.2. The Kier molecular flexibility index (Phi) is 20.1. The van der Waals surface area contributed by atoms with Gasteiger partial charge in [0.1, 0.15) is 30.0 Å². The van der Waals surface area contributed by atoms with E-state index < -0.39 is 102 Å². The second-order valence-corrected chi connectivity index (χ2v) is 20.6. The van der Waals surface area contributed by atoms with Gasteiger partial charge in [-0.3, -0.25) is 14.5 Å². The fraction of sp³-hybridized carbons (Fsp3) is 0.833. The van der Waals surface area contributed by atoms with Gasteiger partial charge in [-0.2, -0.15) is 0 Å². The monoisotopic (exact) mass is 944 g/mol. The number of halogens is 1. The summed E-state index contributed by atoms with van der Waals surface area (Å²) in [5, 5.41) is 51.9. The van der Waals surface area contributed by atoms with Crippen molar-refractivity contribution >= 4 is 23.5 Å². The van der Waals surface area contributed by atoms with Crippen LogP contribution >= 0.6 is 11.6 Å². The molecule has 17 heteroatoms. The summed E-state index contributed by atoms with van der Waals surface area (Å²) >= 11 is 6.15. The number of benzene rings is 1. The van der Waals surface area contributed by atoms with Crippen molar-refractivity contribution in [3.63, 3.8) is 0 Å². The van der Waals surface area contributed by atoms with Crippen LogP contribution in [-0.4, -0.2) is 174 Å². The van der Waals surface area contributed by atoms with Gasteiger partial charge < -0.3 is 63.8 Å². The highest BCUT2D eigenvalue weighted by molar-refractivity contribution is 6.30. The summed E-state index contributed by atoms with van der Waals surface area (Å²) in [6.45, 7) is 18.8. The van der Waals surface area contributed by atoms with Crippen molar-refractivity contribution in [2.45, 2.75) is 198 Å². The van der Waals surface area contributed by atoms with Crippen molar-refractivity contribution < 1.29 is 63.2 Å². The van der Waals surface area contributed by atoms with Crippen molar-refractivity contribution in [2.24, 2.45) is 17.8 Å². The molecule has 1 aromatic carbocycles. The SMILES string of the molecule is CC[C@H]1OC(=O)[C@H](C)[C@@H](O[C@H]2C[C@@](C)(OC)[C@@H](O)[C@H](C)O2)[C@H](C)[C@@H](O[C@@H]2O[C@H](C)C[C@H](N(C)C)[C@H]2O)[C@@](C)(O)C[C@@H](C)CN(C)[C@H](C)[C@@H](OC(=O)CCNCc2cccc(Cl)c2)[C@]1(C)O. The highest BCUT2D eigenvalue weighted by atomic mass is 35.5. The molecule has 3 fully saturated rings. The summed E-state index contributed by atoms with van der Waals surface area (Å²) in [6.07, 6.45) is -8.64. The summed E-state index contributed by atoms with van der Waals surface area (Å²) < 4.78 is 44.3. The Bertz CT molecular complexity index is 1670. The molecule has 3 aliphatic rings. The van der Waals surface area contributed by atoms with Gasteiger partial charge in [-0.15, -0.1) is 0 Å². The molecule has 1 aromatic rings. The van der Waals surface area contributed by atoms with Crippen LogP contribution < -0.4 is 5.32 Å². The zero-order valence-electron chi connectivity index (χ0n) is 41.4. The maximum atomic E-state index is 14.7. The zero-order valence-corrected chi connectivity index (χ0v) is 42.1. The van der Waals surface area contributed by atoms with Gasteiger partial charge in [-0.1, -0.05) is 44.5 Å². The van der Waals surface area contributed by atoms with Crippen LogP contribution in [-0.2, 0) is 49.3 Å². The number of nitrogens with one attached hydrogen (secondary N) is 1. The summed E-state index contributed by atoms with van der Waals surface area (Å²) in [7, 11) is 7.12. The first-order valence-electron chi connectivity index (χ1n) is 23.5. The van der Waals surface area contributed by atoms with E-state index in [1.54, 1.807) is 40.7 Å². The number of methoxy groups -OCH3 is 1. The van der Waals surface area contributed by atoms with Gasteiger partial charge >= 0.3 is 11.9 Å². The summed E-state index contributed by atoms with van der Waals surface area (Å²) in [6, 6.07) is 6.53. The lowest BCUT2D eigenvalue weighted by molar-refractivity contribution is -0.318. The lowest BCUT2D eigenvalue weighted by atomic mass is 9.77. The minimum absolute atomic E-state index is 0.00321. The first-order chi connectivity index (χ1) is 30.3. The van der Waals surface area contributed by atoms with Gasteiger partial charge in [0, 0.05) is 56.2 Å². The van der Waals surface area contributed by atoms with Gasteiger partial charge in [-0.25, -0.2) is 0 Å². The lowest BCUT2D eigenvalue weighted by Gasteiger charge is -2.48. The molecule has 4 rings (SSSR count). The van der Waals surface area contributed by atoms with Crippen LogP contribution in [0.15, 0.2) is 24.3 Å². The molecule has 3 aliphatic heterocycles. The van der Waals surface area contributed by atoms with Gasteiger partial charge in [0.2, 0.25) is 0 Å². The quantitative estimate of drug-likeness (QED) is 0.139. The van der Waals surface area contributed by atoms with Gasteiger partial charge in [0.25, 0.3) is 0 Å². The standard InChI is InChI=1S/C48H82ClN3O13/c1-15-36-48(10,58)43(63-37(53)19-20-50-25-33-17-16-18-34(49)22-33)31(6)52(13)26-27(2)23-46(8,57)42(65-45-39(54)35(51(11)12)21-28(3)60-45)29(4)40(30(5)44(56)62-36)64-38-24-47(9,59-14)41(55)32(7)61-38/h16-18,22,27-32,35-36,38-43,45,50,54-55,57-58H,15,19-21,23-26H2,1-14H3/t27-,28-,29+,30-,31-,32+,35+,36-,38+,39-,40+,41+,42-,43-,45+,46+,47-,48-/m1/s1. The molecule has 18 atom stereocenters. The Morgan fingerprint density at radius 3 is 2.31 bits per heavy atom. The molecule has 0 unspecified atom stereocenters. The number of cyclic esters (lactones) is 1. The molecule has 0 spiro atoms. The number of aliphatic hydroxyl groups excluding tert-OH is 2. The maximum absolute atomic E-state index is 14.7. The predicted molar refractivity (Wildman–Crippen MR) is 246 cm³/mol. The molecule has 374 valence electrons. The number of ether oxygens (including phenoxy) is 7. The molecule has 3 saturated heterocycles. The molecule has 0 bridgehead atoms. The van der Waals surface area contributed by atoms with E-state index in [1.807, 2.05) is 76.8 Å². The van der Waals surface area contributed by atoms with Crippen molar-refractivity contribution in [2.75, 3.05) is 41.3 Å². The predicted octanol–water partition coefficient (Wildman–Crippen LogP) is 4.28. The molecule has 5 N–H and O–H groups in total. The summed E-state index contributed by atoms with van der Waals surface area (Å²) in [4.78, 5) is 32.2. The minimum atomic E-state index is -1.88. The van der Waals surface area contributed by atoms with Crippen molar-refractivity contribution in [3.8, 4) is 0 Å². The third-order valence-electron chi connectivity index (χ3n) is 14.1. The molecule has 0 radical (unpaired) electrons. The summed E-state index contributed by atoms with van der Waals surface area (Å²) in [5.41, 5.74) is -3.60. The van der Waals surface area contributed by atoms with E-state index in [2.05, 4.69) is 5.32 Å². The van der Waals surface area contributed by atoms with E-state index in [9.17, 15) is 30.0 Å². The molecule has 16 nitrogen and oxygen atoms in total. The van der Waals surface area contributed by atoms with Crippen LogP contribution in [0.25, 0.3) is 0 Å². The molecule has 65 heavy (non-hydrogen) atoms. The smallest absolute Gasteiger partial charge is 0.311 e. The topological polar surface area (TPSA) is 198 Å². The third kappa shape index (κ3) is 14.0. The average molecular weight is 945 g/mol. The Morgan fingerprint density at radius 2 is 1.69 bits per heavy atom. The second kappa shape index (κ2) is 23.5. The number of hydrogen-bond donors (Lipinski definition) is 5. The molecule has 0 aliphatic carbocycles. The number of likely N-dealkylation sites (N-methyl/N-ethyl adjacent to an activating group) is 2. The van der Waals surface area contributed by atoms with Gasteiger partial charge in [-0.05, 0) is 112 Å². The van der Waals surface area contributed by atoms with E-state index in [4.69, 9.17) is 44.8 Å². The zero-order chi connectivity index (χ0) is 48.8. The third-order valence-corrected chi connectivity index (χ3v) is 14.4. The van der Waals surface area contributed by atoms with Crippen LogP contribution in [0.3, 0.4) is 0 Å². The van der Waals surface area contributed by atoms with Crippen LogP contribution in [0.2, 0.25) is 5.02 Å². The van der Waals surface area contributed by atoms with E-state index >= 15 is 0 Å². The Morgan fingerprint density at radius 1 is 1.02 bits per heavy atom. The molecule has 0 saturated carbocycles. The van der Waals surface area contributed by atoms with Crippen LogP contribution in [0.1, 0.15) is 107 Å². The number of nitrogens with zero attached hydrogens (tertiary/aromatic N) is 2. The largest absolute Gasteiger partial charge is 0.459 e. The number of carbonyl (C=O) groups is 2. The average Bonchev–Trinajstić information content (AvgIpc) is 3.22. The van der Waals surface area contributed by atoms with Crippen molar-refractivity contribution in [1.82, 2.24) is 15.1 Å². The first-order valence-corrected chi connectivity index (χ1v) is 23.8. The van der Waals surface area contributed by atoms with Crippen LogP contribution in [0, 0.1) is 17.8 Å². The molecule has 0 aromatic heterocycles. The normalized spacial score (nSPS) is 41.9. The van der Waals surface area contributed by atoms with Crippen LogP contribution in [0.4, 0.5) is 0 Å². The molecular formula is C48H82ClN3O13. The Hall–Kier alpha value is -2.03. The number of hydrogen-bond acceptors (Lipinski definition) is 16. The van der Waals surface area contributed by atoms with E-state index in [0.717, 1.165) is 5.56 Å². The number of esters is 2. The number of aliphatic hydroxyl groups is 4. The van der Waals surface area contributed by atoms with E-state index in [0.29, 0.717) is 31.1 Å². The first kappa shape index (κ1) is 55.6. The number of carbonyl (C=O) groups excluding carboxylic acids is 2. The van der Waals surface area contributed by atoms with Crippen LogP contribution in [0.5, 0.6) is 0 Å². The van der Waals surface area contributed by atoms with E-state index in [1.165, 1.54) is 14.0 Å². The Balaban J connectivity index is 1.75. The maximum Gasteiger partial charge on any atom is 0.311 e. The highest BCUT2D eigenvalue weighted by Gasteiger charge is 2.53. The van der Waals surface area contributed by atoms with Gasteiger partial charge in [0.15, 0.2) is 12.6 Å². The lowest BCUT2D eigenvalue weighted by Crippen LogP contribution is -2.61. The van der Waals surface area contributed by atoms with Gasteiger partial charge in [0.05, 0.1) is 48.0 Å². The van der Waals surface area contributed by atoms with Crippen molar-refractivity contribution in [1.29, 1.82) is 0 Å². The fourth-order valence-electron chi connectivity index (χ4n) is 10.2. The fourth-order valence-corrected chi connectivity index (χ4v) is 10.4. The van der Waals surface area contributed by atoms with Crippen molar-refractivity contribution in [3.05, 3.63) is 34.9 Å². The molecule has 3 heterocycles. The number of rotatable bonds is 13. The Labute approximate surface area is 392 Å². The molecule has 0 amide bonds.